The van der Waals surface area contributed by atoms with Crippen molar-refractivity contribution in [2.45, 2.75) is 87.1 Å². The average Bonchev–Trinajstić information content (AvgIpc) is 1.59. The third-order valence-corrected chi connectivity index (χ3v) is 22.8. The number of carbonyl (C=O) groups excluding carboxylic acids is 2. The predicted molar refractivity (Wildman–Crippen MR) is 428 cm³/mol. The molecule has 0 spiro atoms. The molecule has 2 aliphatic carbocycles. The lowest BCUT2D eigenvalue weighted by atomic mass is 9.80. The molecule has 2 fully saturated rings. The van der Waals surface area contributed by atoms with E-state index in [0.29, 0.717) is 87.1 Å². The highest BCUT2D eigenvalue weighted by Gasteiger charge is 2.32. The molecule has 2 saturated carbocycles. The third-order valence-electron chi connectivity index (χ3n) is 18.3. The van der Waals surface area contributed by atoms with Crippen molar-refractivity contribution in [3.05, 3.63) is 230 Å². The molecule has 7 aromatic carbocycles. The Morgan fingerprint density at radius 3 is 1.51 bits per heavy atom. The Bertz CT molecular complexity index is 5870. The summed E-state index contributed by atoms with van der Waals surface area (Å²) in [4.78, 5) is 56.0. The molecule has 2 amide bonds. The normalized spacial score (nSPS) is 13.9. The van der Waals surface area contributed by atoms with Crippen LogP contribution in [0.2, 0.25) is 10.6 Å². The van der Waals surface area contributed by atoms with E-state index in [1.165, 1.54) is 64.3 Å². The zero-order valence-electron chi connectivity index (χ0n) is 58.7. The first-order chi connectivity index (χ1) is 52.1. The lowest BCUT2D eigenvalue weighted by Crippen LogP contribution is -2.31. The minimum Gasteiger partial charge on any atom is -0.423 e. The van der Waals surface area contributed by atoms with Gasteiger partial charge in [0.1, 0.15) is 40.6 Å². The van der Waals surface area contributed by atoms with Crippen LogP contribution < -0.4 is 42.7 Å². The molecule has 2 aliphatic heterocycles. The SMILES string of the molecule is CN1C(=O)CCc2cc(N)ccc21.CN1C(=O)CCc2cc(Nc3nc(N)c4c(-c5ccc(F)cc5)c[nH]c4n3)ccc21.Cc1ccc(S(=O)(=O)n2cc(-c3ccc(F)cc3)c3c(NC4CC4)nc(Cl)nc32)cc1.Cc1ccc(S(=O)(=O)n2cc(I)c3c(NC4CC4)nc(Cl)nc32)cc1.OB(O)c1ccc(F)cc1. The van der Waals surface area contributed by atoms with Crippen LogP contribution in [0.15, 0.2) is 186 Å². The number of hydrogen-bond donors (Lipinski definition) is 8. The summed E-state index contributed by atoms with van der Waals surface area (Å²) in [6, 6.07) is 42.5. The van der Waals surface area contributed by atoms with Gasteiger partial charge in [-0.25, -0.2) is 47.9 Å². The van der Waals surface area contributed by atoms with Crippen LogP contribution in [0.4, 0.5) is 59.3 Å². The van der Waals surface area contributed by atoms with Crippen molar-refractivity contribution in [3.63, 3.8) is 0 Å². The quantitative estimate of drug-likeness (QED) is 0.0230. The third kappa shape index (κ3) is 17.3. The van der Waals surface area contributed by atoms with Crippen LogP contribution >= 0.6 is 45.8 Å². The zero-order valence-corrected chi connectivity index (χ0v) is 64.0. The number of nitrogens with one attached hydrogen (secondary N) is 4. The van der Waals surface area contributed by atoms with E-state index in [9.17, 15) is 39.6 Å². The number of rotatable bonds is 13. The Hall–Kier alpha value is -10.7. The van der Waals surface area contributed by atoms with E-state index in [0.717, 1.165) is 90.2 Å². The number of H-pyrrole nitrogens is 1. The van der Waals surface area contributed by atoms with Crippen LogP contribution in [0.1, 0.15) is 60.8 Å². The summed E-state index contributed by atoms with van der Waals surface area (Å²) in [7, 11) is -5.66. The van der Waals surface area contributed by atoms with Gasteiger partial charge in [-0.2, -0.15) is 19.9 Å². The van der Waals surface area contributed by atoms with Gasteiger partial charge >= 0.3 is 7.12 Å². The van der Waals surface area contributed by atoms with Gasteiger partial charge in [-0.1, -0.05) is 71.8 Å². The first kappa shape index (κ1) is 76.5. The van der Waals surface area contributed by atoms with Gasteiger partial charge in [-0.3, -0.25) is 9.59 Å². The van der Waals surface area contributed by atoms with Crippen molar-refractivity contribution in [2.24, 2.45) is 0 Å². The number of anilines is 8. The van der Waals surface area contributed by atoms with Gasteiger partial charge in [0.25, 0.3) is 20.0 Å². The number of aromatic nitrogens is 9. The van der Waals surface area contributed by atoms with E-state index in [1.54, 1.807) is 109 Å². The van der Waals surface area contributed by atoms with Gasteiger partial charge in [0.2, 0.25) is 28.3 Å². The summed E-state index contributed by atoms with van der Waals surface area (Å²) < 4.78 is 95.1. The Kier molecular flexibility index (Phi) is 22.4. The van der Waals surface area contributed by atoms with Gasteiger partial charge in [0.15, 0.2) is 11.3 Å². The largest absolute Gasteiger partial charge is 0.488 e. The number of amides is 2. The minimum atomic E-state index is -3.96. The number of nitrogen functional groups attached to an aromatic ring is 2. The van der Waals surface area contributed by atoms with Crippen LogP contribution in [0.3, 0.4) is 0 Å². The maximum Gasteiger partial charge on any atom is 0.488 e. The van der Waals surface area contributed by atoms with Gasteiger partial charge in [-0.15, -0.1) is 0 Å². The standard InChI is InChI=1S/C22H18ClFN4O2S.C22H19FN6O.C16H14ClIN4O2S.C10H12N2O.C6H6BFO2/c1-13-2-10-17(11-3-13)31(29,30)28-12-18(14-4-6-15(24)7-5-14)19-20(25-16-8-9-16)26-22(23)27-21(19)28;1-29-17-8-7-15(10-13(17)4-9-18(29)30)26-22-27-20(24)19-16(11-25-21(19)28-22)12-2-5-14(23)6-3-12;1-9-2-6-11(7-3-9)25(23,24)22-8-12(18)13-14(19-10-4-5-10)20-16(17)21-15(13)22;1-12-9-4-3-8(11)6-7(9)2-5-10(12)13;8-6-3-1-5(2-4-6)7(9)10/h2-7,10-12,16H,8-9H2,1H3,(H,25,26,27);2-3,5-8,10-11H,4,9H2,1H3,(H4,24,25,26,27,28);2-3,6-8,10H,4-5H2,1H3,(H,19,20,21);3-4,6H,2,5,11H2,1H3;1-4,9-10H. The highest BCUT2D eigenvalue weighted by Crippen LogP contribution is 2.41. The molecule has 0 saturated heterocycles. The number of fused-ring (bicyclic) bond motifs is 5. The Morgan fingerprint density at radius 1 is 0.550 bits per heavy atom. The predicted octanol–water partition coefficient (Wildman–Crippen LogP) is 13.5. The fourth-order valence-electron chi connectivity index (χ4n) is 12.2. The second-order valence-electron chi connectivity index (χ2n) is 26.2. The topological polar surface area (TPSA) is 340 Å². The minimum absolute atomic E-state index is 0.0190. The molecule has 0 bridgehead atoms. The molecule has 13 aromatic rings. The molecule has 6 aromatic heterocycles. The number of aromatic amines is 1. The summed E-state index contributed by atoms with van der Waals surface area (Å²) in [5.74, 6) is 0.980. The van der Waals surface area contributed by atoms with Crippen molar-refractivity contribution >= 4 is 169 Å². The molecule has 10 N–H and O–H groups in total. The zero-order chi connectivity index (χ0) is 77.3. The number of benzene rings is 7. The van der Waals surface area contributed by atoms with Crippen molar-refractivity contribution in [2.75, 3.05) is 51.3 Å². The molecule has 33 heteroatoms. The Labute approximate surface area is 648 Å². The van der Waals surface area contributed by atoms with Crippen molar-refractivity contribution in [3.8, 4) is 22.3 Å². The van der Waals surface area contributed by atoms with E-state index in [2.05, 4.69) is 73.4 Å². The lowest BCUT2D eigenvalue weighted by molar-refractivity contribution is -0.119. The van der Waals surface area contributed by atoms with Gasteiger partial charge in [-0.05, 0) is 223 Å². The molecular formula is C76H69BCl2F3IN16O8S2. The van der Waals surface area contributed by atoms with Crippen LogP contribution in [-0.2, 0) is 42.5 Å². The van der Waals surface area contributed by atoms with E-state index in [-0.39, 0.29) is 67.0 Å². The number of hydrogen-bond acceptors (Lipinski definition) is 19. The molecule has 109 heavy (non-hydrogen) atoms. The maximum absolute atomic E-state index is 13.5. The van der Waals surface area contributed by atoms with Gasteiger partial charge in [0.05, 0.1) is 25.9 Å². The van der Waals surface area contributed by atoms with Crippen molar-refractivity contribution in [1.82, 2.24) is 42.8 Å². The fourth-order valence-corrected chi connectivity index (χ4v) is 16.1. The molecule has 24 nitrogen and oxygen atoms in total. The first-order valence-electron chi connectivity index (χ1n) is 34.2. The summed E-state index contributed by atoms with van der Waals surface area (Å²) >= 11 is 14.3. The molecule has 8 heterocycles. The van der Waals surface area contributed by atoms with Crippen molar-refractivity contribution in [1.29, 1.82) is 0 Å². The molecule has 0 unspecified atom stereocenters. The van der Waals surface area contributed by atoms with Gasteiger partial charge in [0, 0.05) is 95.1 Å². The van der Waals surface area contributed by atoms with E-state index < -0.39 is 27.2 Å². The molecular weight excluding hydrogens is 1590 g/mol. The Morgan fingerprint density at radius 2 is 1.01 bits per heavy atom. The number of nitrogens with zero attached hydrogens (tertiary/aromatic N) is 10. The summed E-state index contributed by atoms with van der Waals surface area (Å²) in [5, 5.41) is 28.8. The molecule has 4 aliphatic rings. The van der Waals surface area contributed by atoms with E-state index in [4.69, 9.17) is 44.7 Å². The fraction of sp³-hybridized carbons (Fsp3) is 0.184. The van der Waals surface area contributed by atoms with Crippen LogP contribution in [0.5, 0.6) is 0 Å². The smallest absolute Gasteiger partial charge is 0.423 e. The summed E-state index contributed by atoms with van der Waals surface area (Å²) in [6.45, 7) is 3.80. The van der Waals surface area contributed by atoms with Crippen LogP contribution in [-0.4, -0.2) is 115 Å². The molecule has 0 atom stereocenters. The lowest BCUT2D eigenvalue weighted by Gasteiger charge is -2.26. The highest BCUT2D eigenvalue weighted by atomic mass is 127. The molecule has 558 valence electrons. The second-order valence-corrected chi connectivity index (χ2v) is 31.7. The number of carbonyl (C=O) groups is 2. The van der Waals surface area contributed by atoms with Crippen LogP contribution in [0, 0.1) is 34.9 Å². The average molecular weight is 1660 g/mol. The second kappa shape index (κ2) is 31.9. The molecule has 0 radical (unpaired) electrons. The van der Waals surface area contributed by atoms with Gasteiger partial charge < -0.3 is 52.2 Å². The van der Waals surface area contributed by atoms with Crippen LogP contribution in [0.25, 0.3) is 55.4 Å². The highest BCUT2D eigenvalue weighted by molar-refractivity contribution is 14.1. The first-order valence-corrected chi connectivity index (χ1v) is 38.9. The number of halogens is 6. The number of nitrogens with two attached hydrogens (primary N) is 2. The monoisotopic (exact) mass is 1660 g/mol. The molecule has 17 rings (SSSR count). The summed E-state index contributed by atoms with van der Waals surface area (Å²) in [6.07, 6.45) is 11.6. The van der Waals surface area contributed by atoms with Crippen molar-refractivity contribution < 1.29 is 49.6 Å². The number of aryl methyl sites for hydroxylation is 4. The van der Waals surface area contributed by atoms with E-state index in [1.807, 2.05) is 50.2 Å². The van der Waals surface area contributed by atoms with E-state index >= 15 is 0 Å². The maximum atomic E-state index is 13.5. The summed E-state index contributed by atoms with van der Waals surface area (Å²) in [5.41, 5.74) is 23.8. The Balaban J connectivity index is 0.000000126.